The quantitative estimate of drug-likeness (QED) is 0.630. The SMILES string of the molecule is CC1(C)OB(c2ccc(CNC(=O)C(F)(F)F)c(C(F)(F)F)c2)OC1(C)C. The summed E-state index contributed by atoms with van der Waals surface area (Å²) in [5.41, 5.74) is -3.13. The fourth-order valence-electron chi connectivity index (χ4n) is 2.41. The van der Waals surface area contributed by atoms with E-state index in [1.165, 1.54) is 11.4 Å². The van der Waals surface area contributed by atoms with Crippen molar-refractivity contribution in [3.05, 3.63) is 29.3 Å². The van der Waals surface area contributed by atoms with Crippen molar-refractivity contribution in [1.82, 2.24) is 5.32 Å². The summed E-state index contributed by atoms with van der Waals surface area (Å²) >= 11 is 0. The predicted molar refractivity (Wildman–Crippen MR) is 85.1 cm³/mol. The van der Waals surface area contributed by atoms with Crippen molar-refractivity contribution in [2.24, 2.45) is 0 Å². The van der Waals surface area contributed by atoms with Gasteiger partial charge in [0.1, 0.15) is 0 Å². The lowest BCUT2D eigenvalue weighted by molar-refractivity contribution is -0.173. The second kappa shape index (κ2) is 6.70. The largest absolute Gasteiger partial charge is 0.494 e. The van der Waals surface area contributed by atoms with Crippen LogP contribution < -0.4 is 10.8 Å². The molecular formula is C16H18BF6NO3. The van der Waals surface area contributed by atoms with E-state index in [1.54, 1.807) is 27.7 Å². The molecule has 1 aromatic carbocycles. The van der Waals surface area contributed by atoms with Gasteiger partial charge in [-0.05, 0) is 44.8 Å². The molecule has 0 radical (unpaired) electrons. The van der Waals surface area contributed by atoms with Crippen LogP contribution in [0.25, 0.3) is 0 Å². The van der Waals surface area contributed by atoms with Gasteiger partial charge in [-0.3, -0.25) is 4.79 Å². The van der Waals surface area contributed by atoms with Crippen molar-refractivity contribution >= 4 is 18.5 Å². The van der Waals surface area contributed by atoms with Gasteiger partial charge in [-0.15, -0.1) is 0 Å². The molecule has 2 rings (SSSR count). The average Bonchev–Trinajstić information content (AvgIpc) is 2.71. The van der Waals surface area contributed by atoms with E-state index in [4.69, 9.17) is 9.31 Å². The summed E-state index contributed by atoms with van der Waals surface area (Å²) in [6, 6.07) is 3.03. The van der Waals surface area contributed by atoms with Crippen LogP contribution in [0.5, 0.6) is 0 Å². The minimum atomic E-state index is -5.18. The Labute approximate surface area is 152 Å². The Morgan fingerprint density at radius 1 is 1.04 bits per heavy atom. The molecule has 1 heterocycles. The second-order valence-corrected chi connectivity index (χ2v) is 7.18. The van der Waals surface area contributed by atoms with E-state index < -0.39 is 54.3 Å². The summed E-state index contributed by atoms with van der Waals surface area (Å²) in [5.74, 6) is -2.31. The Morgan fingerprint density at radius 3 is 2.00 bits per heavy atom. The Bertz CT molecular complexity index is 714. The Morgan fingerprint density at radius 2 is 1.56 bits per heavy atom. The van der Waals surface area contributed by atoms with Gasteiger partial charge in [-0.1, -0.05) is 12.1 Å². The topological polar surface area (TPSA) is 47.6 Å². The van der Waals surface area contributed by atoms with Gasteiger partial charge in [0.25, 0.3) is 0 Å². The van der Waals surface area contributed by atoms with E-state index in [2.05, 4.69) is 0 Å². The second-order valence-electron chi connectivity index (χ2n) is 7.18. The van der Waals surface area contributed by atoms with E-state index in [0.29, 0.717) is 0 Å². The summed E-state index contributed by atoms with van der Waals surface area (Å²) in [7, 11) is -1.06. The molecule has 11 heteroatoms. The van der Waals surface area contributed by atoms with Crippen LogP contribution in [0.3, 0.4) is 0 Å². The zero-order valence-electron chi connectivity index (χ0n) is 15.0. The molecule has 27 heavy (non-hydrogen) atoms. The fourth-order valence-corrected chi connectivity index (χ4v) is 2.41. The molecular weight excluding hydrogens is 379 g/mol. The van der Waals surface area contributed by atoms with E-state index in [1.807, 2.05) is 0 Å². The number of carbonyl (C=O) groups excluding carboxylic acids is 1. The number of nitrogens with one attached hydrogen (secondary N) is 1. The number of amides is 1. The van der Waals surface area contributed by atoms with Crippen LogP contribution >= 0.6 is 0 Å². The molecule has 1 fully saturated rings. The van der Waals surface area contributed by atoms with E-state index >= 15 is 0 Å². The highest BCUT2D eigenvalue weighted by Gasteiger charge is 2.52. The van der Waals surface area contributed by atoms with Crippen molar-refractivity contribution in [3.63, 3.8) is 0 Å². The number of carbonyl (C=O) groups is 1. The smallest absolute Gasteiger partial charge is 0.399 e. The van der Waals surface area contributed by atoms with Crippen molar-refractivity contribution in [2.75, 3.05) is 0 Å². The standard InChI is InChI=1S/C16H18BF6NO3/c1-13(2)14(3,4)27-17(26-13)10-6-5-9(11(7-10)15(18,19)20)8-24-12(25)16(21,22)23/h5-7H,8H2,1-4H3,(H,24,25). The lowest BCUT2D eigenvalue weighted by atomic mass is 9.77. The van der Waals surface area contributed by atoms with E-state index in [9.17, 15) is 31.1 Å². The minimum Gasteiger partial charge on any atom is -0.399 e. The lowest BCUT2D eigenvalue weighted by Gasteiger charge is -2.32. The number of hydrogen-bond acceptors (Lipinski definition) is 3. The van der Waals surface area contributed by atoms with Gasteiger partial charge < -0.3 is 14.6 Å². The third-order valence-electron chi connectivity index (χ3n) is 4.66. The maximum Gasteiger partial charge on any atom is 0.494 e. The highest BCUT2D eigenvalue weighted by molar-refractivity contribution is 6.62. The van der Waals surface area contributed by atoms with Crippen molar-refractivity contribution in [2.45, 2.75) is 57.8 Å². The third kappa shape index (κ3) is 4.57. The fraction of sp³-hybridized carbons (Fsp3) is 0.562. The van der Waals surface area contributed by atoms with Crippen molar-refractivity contribution in [1.29, 1.82) is 0 Å². The lowest BCUT2D eigenvalue weighted by Crippen LogP contribution is -2.41. The first-order valence-corrected chi connectivity index (χ1v) is 7.95. The molecule has 150 valence electrons. The number of rotatable bonds is 3. The van der Waals surface area contributed by atoms with Gasteiger partial charge in [0.05, 0.1) is 16.8 Å². The first-order chi connectivity index (χ1) is 12.0. The van der Waals surface area contributed by atoms with Crippen LogP contribution in [0.15, 0.2) is 18.2 Å². The highest BCUT2D eigenvalue weighted by Crippen LogP contribution is 2.37. The Balaban J connectivity index is 2.31. The Kier molecular flexibility index (Phi) is 5.35. The van der Waals surface area contributed by atoms with Crippen LogP contribution in [0, 0.1) is 0 Å². The number of benzene rings is 1. The number of alkyl halides is 6. The van der Waals surface area contributed by atoms with Gasteiger partial charge in [0.2, 0.25) is 0 Å². The highest BCUT2D eigenvalue weighted by atomic mass is 19.4. The molecule has 1 N–H and O–H groups in total. The van der Waals surface area contributed by atoms with Gasteiger partial charge in [0.15, 0.2) is 0 Å². The molecule has 0 unspecified atom stereocenters. The molecule has 0 aromatic heterocycles. The van der Waals surface area contributed by atoms with E-state index in [0.717, 1.165) is 12.1 Å². The van der Waals surface area contributed by atoms with Crippen LogP contribution in [0.2, 0.25) is 0 Å². The van der Waals surface area contributed by atoms with Crippen molar-refractivity contribution < 1.29 is 40.4 Å². The van der Waals surface area contributed by atoms with Crippen LogP contribution in [0.4, 0.5) is 26.3 Å². The summed E-state index contributed by atoms with van der Waals surface area (Å²) in [6.45, 7) is 6.02. The summed E-state index contributed by atoms with van der Waals surface area (Å²) in [6.07, 6.45) is -10.0. The molecule has 1 aliphatic heterocycles. The Hall–Kier alpha value is -1.75. The van der Waals surface area contributed by atoms with Crippen LogP contribution in [-0.2, 0) is 26.8 Å². The van der Waals surface area contributed by atoms with Crippen LogP contribution in [-0.4, -0.2) is 30.4 Å². The molecule has 0 aliphatic carbocycles. The summed E-state index contributed by atoms with van der Waals surface area (Å²) in [4.78, 5) is 10.9. The molecule has 1 aliphatic rings. The molecule has 0 bridgehead atoms. The van der Waals surface area contributed by atoms with E-state index in [-0.39, 0.29) is 5.46 Å². The van der Waals surface area contributed by atoms with Gasteiger partial charge >= 0.3 is 25.4 Å². The van der Waals surface area contributed by atoms with Gasteiger partial charge in [-0.2, -0.15) is 26.3 Å². The monoisotopic (exact) mass is 397 g/mol. The van der Waals surface area contributed by atoms with Gasteiger partial charge in [-0.25, -0.2) is 0 Å². The maximum absolute atomic E-state index is 13.4. The molecule has 0 saturated carbocycles. The predicted octanol–water partition coefficient (Wildman–Crippen LogP) is 3.18. The third-order valence-corrected chi connectivity index (χ3v) is 4.66. The maximum atomic E-state index is 13.4. The molecule has 1 saturated heterocycles. The first-order valence-electron chi connectivity index (χ1n) is 7.95. The van der Waals surface area contributed by atoms with Crippen molar-refractivity contribution in [3.8, 4) is 0 Å². The molecule has 0 atom stereocenters. The zero-order chi connectivity index (χ0) is 20.8. The number of hydrogen-bond donors (Lipinski definition) is 1. The summed E-state index contributed by atoms with van der Waals surface area (Å²) < 4.78 is 88.2. The first kappa shape index (κ1) is 21.6. The zero-order valence-corrected chi connectivity index (χ0v) is 15.0. The normalized spacial score (nSPS) is 19.3. The molecule has 4 nitrogen and oxygen atoms in total. The average molecular weight is 397 g/mol. The minimum absolute atomic E-state index is 0.0758. The molecule has 1 aromatic rings. The molecule has 1 amide bonds. The van der Waals surface area contributed by atoms with Crippen LogP contribution in [0.1, 0.15) is 38.8 Å². The van der Waals surface area contributed by atoms with Gasteiger partial charge in [0, 0.05) is 6.54 Å². The number of halogens is 6. The molecule has 0 spiro atoms. The summed E-state index contributed by atoms with van der Waals surface area (Å²) in [5, 5.41) is 1.44.